The van der Waals surface area contributed by atoms with Gasteiger partial charge in [-0.15, -0.1) is 6.42 Å². The number of terminal acetylenes is 1. The van der Waals surface area contributed by atoms with E-state index in [2.05, 4.69) is 22.7 Å². The van der Waals surface area contributed by atoms with E-state index in [1.165, 1.54) is 16.2 Å². The number of methoxy groups -OCH3 is 1. The van der Waals surface area contributed by atoms with Gasteiger partial charge in [0.05, 0.1) is 20.3 Å². The average molecular weight is 378 g/mol. The number of imidazole rings is 1. The first kappa shape index (κ1) is 19.0. The van der Waals surface area contributed by atoms with Crippen LogP contribution in [0.15, 0.2) is 33.9 Å². The Morgan fingerprint density at radius 1 is 1.25 bits per heavy atom. The minimum Gasteiger partial charge on any atom is -0.497 e. The number of aryl methyl sites for hydroxylation is 1. The number of benzene rings is 1. The minimum absolute atomic E-state index is 0.0993. The standard InChI is InChI=1S/C20H18N4O4/c1-4-10-24-19(26)17-18(22(2)20(24)27)21-16(23(17)11-12-25)9-8-14-6-5-7-15(13-14)28-3/h1,5-7,13,25H,10-12H2,2-3H3. The number of ether oxygens (including phenoxy) is 1. The molecular formula is C20H18N4O4. The van der Waals surface area contributed by atoms with Gasteiger partial charge in [-0.05, 0) is 24.1 Å². The van der Waals surface area contributed by atoms with Crippen molar-refractivity contribution in [2.24, 2.45) is 7.05 Å². The molecule has 8 heteroatoms. The van der Waals surface area contributed by atoms with Crippen LogP contribution in [-0.4, -0.2) is 37.5 Å². The molecule has 1 aromatic carbocycles. The lowest BCUT2D eigenvalue weighted by atomic mass is 10.2. The van der Waals surface area contributed by atoms with Gasteiger partial charge >= 0.3 is 5.69 Å². The summed E-state index contributed by atoms with van der Waals surface area (Å²) < 4.78 is 8.88. The topological polar surface area (TPSA) is 91.3 Å². The Kier molecular flexibility index (Phi) is 5.35. The number of aromatic nitrogens is 4. The molecule has 0 aliphatic carbocycles. The van der Waals surface area contributed by atoms with Gasteiger partial charge in [0.1, 0.15) is 5.75 Å². The van der Waals surface area contributed by atoms with Crippen LogP contribution in [0.4, 0.5) is 0 Å². The van der Waals surface area contributed by atoms with Gasteiger partial charge in [-0.1, -0.05) is 17.9 Å². The van der Waals surface area contributed by atoms with Gasteiger partial charge in [-0.25, -0.2) is 14.3 Å². The summed E-state index contributed by atoms with van der Waals surface area (Å²) in [5, 5.41) is 9.44. The van der Waals surface area contributed by atoms with E-state index >= 15 is 0 Å². The average Bonchev–Trinajstić information content (AvgIpc) is 3.07. The molecular weight excluding hydrogens is 360 g/mol. The van der Waals surface area contributed by atoms with Gasteiger partial charge in [0, 0.05) is 19.2 Å². The van der Waals surface area contributed by atoms with Crippen LogP contribution in [-0.2, 0) is 20.1 Å². The summed E-state index contributed by atoms with van der Waals surface area (Å²) in [6.45, 7) is -0.282. The maximum Gasteiger partial charge on any atom is 0.333 e. The Morgan fingerprint density at radius 2 is 2.04 bits per heavy atom. The number of aliphatic hydroxyl groups is 1. The fourth-order valence-electron chi connectivity index (χ4n) is 2.84. The molecule has 0 saturated carbocycles. The van der Waals surface area contributed by atoms with E-state index in [9.17, 15) is 14.7 Å². The SMILES string of the molecule is C#CCn1c(=O)c2c(nc(C#Cc3cccc(OC)c3)n2CCO)n(C)c1=O. The zero-order valence-electron chi connectivity index (χ0n) is 15.5. The van der Waals surface area contributed by atoms with Gasteiger partial charge in [0.25, 0.3) is 5.56 Å². The number of aliphatic hydroxyl groups excluding tert-OH is 1. The number of fused-ring (bicyclic) bond motifs is 1. The van der Waals surface area contributed by atoms with Gasteiger partial charge in [-0.3, -0.25) is 9.36 Å². The highest BCUT2D eigenvalue weighted by Gasteiger charge is 2.19. The quantitative estimate of drug-likeness (QED) is 0.642. The van der Waals surface area contributed by atoms with E-state index in [4.69, 9.17) is 11.2 Å². The molecule has 142 valence electrons. The van der Waals surface area contributed by atoms with E-state index in [1.807, 2.05) is 12.1 Å². The van der Waals surface area contributed by atoms with Crippen LogP contribution in [0, 0.1) is 24.2 Å². The Labute approximate surface area is 160 Å². The zero-order chi connectivity index (χ0) is 20.3. The predicted molar refractivity (Wildman–Crippen MR) is 104 cm³/mol. The molecule has 0 aliphatic heterocycles. The van der Waals surface area contributed by atoms with Crippen LogP contribution >= 0.6 is 0 Å². The molecule has 8 nitrogen and oxygen atoms in total. The molecule has 0 unspecified atom stereocenters. The van der Waals surface area contributed by atoms with Crippen LogP contribution in [0.2, 0.25) is 0 Å². The number of nitrogens with zero attached hydrogens (tertiary/aromatic N) is 4. The summed E-state index contributed by atoms with van der Waals surface area (Å²) in [4.78, 5) is 29.6. The van der Waals surface area contributed by atoms with Gasteiger partial charge in [0.15, 0.2) is 17.0 Å². The first-order valence-electron chi connectivity index (χ1n) is 8.42. The molecule has 2 heterocycles. The van der Waals surface area contributed by atoms with E-state index in [0.29, 0.717) is 11.3 Å². The van der Waals surface area contributed by atoms with Gasteiger partial charge in [-0.2, -0.15) is 0 Å². The molecule has 1 N–H and O–H groups in total. The van der Waals surface area contributed by atoms with E-state index in [-0.39, 0.29) is 36.7 Å². The Morgan fingerprint density at radius 3 is 2.71 bits per heavy atom. The highest BCUT2D eigenvalue weighted by Crippen LogP contribution is 2.13. The second-order valence-electron chi connectivity index (χ2n) is 5.90. The van der Waals surface area contributed by atoms with Crippen LogP contribution in [0.3, 0.4) is 0 Å². The predicted octanol–water partition coefficient (Wildman–Crippen LogP) is -0.0694. The van der Waals surface area contributed by atoms with Crippen molar-refractivity contribution in [1.29, 1.82) is 0 Å². The molecule has 0 fully saturated rings. The highest BCUT2D eigenvalue weighted by atomic mass is 16.5. The highest BCUT2D eigenvalue weighted by molar-refractivity contribution is 5.72. The monoisotopic (exact) mass is 378 g/mol. The third kappa shape index (κ3) is 3.29. The van der Waals surface area contributed by atoms with Crippen LogP contribution in [0.5, 0.6) is 5.75 Å². The molecule has 3 rings (SSSR count). The molecule has 0 saturated heterocycles. The molecule has 0 amide bonds. The lowest BCUT2D eigenvalue weighted by Crippen LogP contribution is -2.39. The normalized spacial score (nSPS) is 10.4. The molecule has 0 aliphatic rings. The molecule has 2 aromatic heterocycles. The van der Waals surface area contributed by atoms with E-state index in [0.717, 1.165) is 4.57 Å². The van der Waals surface area contributed by atoms with Gasteiger partial charge in [0.2, 0.25) is 0 Å². The first-order chi connectivity index (χ1) is 13.5. The Hall–Kier alpha value is -3.75. The van der Waals surface area contributed by atoms with Crippen molar-refractivity contribution in [2.75, 3.05) is 13.7 Å². The number of hydrogen-bond acceptors (Lipinski definition) is 5. The maximum atomic E-state index is 12.8. The summed E-state index contributed by atoms with van der Waals surface area (Å²) in [6, 6.07) is 7.18. The molecule has 0 radical (unpaired) electrons. The van der Waals surface area contributed by atoms with Crippen LogP contribution < -0.4 is 16.0 Å². The maximum absolute atomic E-state index is 12.8. The molecule has 0 atom stereocenters. The third-order valence-corrected chi connectivity index (χ3v) is 4.19. The second kappa shape index (κ2) is 7.87. The van der Waals surface area contributed by atoms with Crippen molar-refractivity contribution in [3.8, 4) is 29.9 Å². The molecule has 3 aromatic rings. The summed E-state index contributed by atoms with van der Waals surface area (Å²) in [6.07, 6.45) is 5.28. The lowest BCUT2D eigenvalue weighted by molar-refractivity contribution is 0.277. The Bertz CT molecular complexity index is 1260. The van der Waals surface area contributed by atoms with E-state index in [1.54, 1.807) is 19.2 Å². The smallest absolute Gasteiger partial charge is 0.333 e. The Balaban J connectivity index is 2.26. The van der Waals surface area contributed by atoms with Crippen molar-refractivity contribution in [3.05, 3.63) is 56.5 Å². The van der Waals surface area contributed by atoms with Crippen LogP contribution in [0.25, 0.3) is 11.2 Å². The second-order valence-corrected chi connectivity index (χ2v) is 5.90. The van der Waals surface area contributed by atoms with E-state index < -0.39 is 11.2 Å². The molecule has 0 spiro atoms. The fraction of sp³-hybridized carbons (Fsp3) is 0.250. The number of hydrogen-bond donors (Lipinski definition) is 1. The summed E-state index contributed by atoms with van der Waals surface area (Å²) in [5.74, 6) is 9.10. The van der Waals surface area contributed by atoms with Crippen molar-refractivity contribution in [2.45, 2.75) is 13.1 Å². The largest absolute Gasteiger partial charge is 0.497 e. The van der Waals surface area contributed by atoms with Crippen LogP contribution in [0.1, 0.15) is 11.4 Å². The first-order valence-corrected chi connectivity index (χ1v) is 8.42. The third-order valence-electron chi connectivity index (χ3n) is 4.19. The molecule has 28 heavy (non-hydrogen) atoms. The van der Waals surface area contributed by atoms with Crippen molar-refractivity contribution in [3.63, 3.8) is 0 Å². The molecule has 0 bridgehead atoms. The zero-order valence-corrected chi connectivity index (χ0v) is 15.5. The minimum atomic E-state index is -0.563. The summed E-state index contributed by atoms with van der Waals surface area (Å²) in [7, 11) is 3.07. The number of rotatable bonds is 4. The van der Waals surface area contributed by atoms with Crippen molar-refractivity contribution in [1.82, 2.24) is 18.7 Å². The summed E-state index contributed by atoms with van der Waals surface area (Å²) in [5.41, 5.74) is -0.0728. The fourth-order valence-corrected chi connectivity index (χ4v) is 2.84. The lowest BCUT2D eigenvalue weighted by Gasteiger charge is -2.07. The van der Waals surface area contributed by atoms with Crippen molar-refractivity contribution < 1.29 is 9.84 Å². The van der Waals surface area contributed by atoms with Crippen molar-refractivity contribution >= 4 is 11.2 Å². The van der Waals surface area contributed by atoms with Gasteiger partial charge < -0.3 is 14.4 Å². The summed E-state index contributed by atoms with van der Waals surface area (Å²) >= 11 is 0.